The molecule has 0 spiro atoms. The van der Waals surface area contributed by atoms with Crippen LogP contribution in [0.1, 0.15) is 26.3 Å². The molecule has 2 saturated heterocycles. The van der Waals surface area contributed by atoms with Crippen LogP contribution in [0.15, 0.2) is 70.5 Å². The molecule has 2 bridgehead atoms. The first-order chi connectivity index (χ1) is 15.6. The number of hydrogen-bond acceptors (Lipinski definition) is 6. The van der Waals surface area contributed by atoms with E-state index in [0.29, 0.717) is 0 Å². The number of fused-ring (bicyclic) bond motifs is 5. The molecule has 1 amide bonds. The van der Waals surface area contributed by atoms with E-state index < -0.39 is 52.9 Å². The second-order valence-electron chi connectivity index (χ2n) is 9.65. The third-order valence-corrected chi connectivity index (χ3v) is 7.99. The van der Waals surface area contributed by atoms with Gasteiger partial charge in [-0.05, 0) is 51.4 Å². The first-order valence-electron chi connectivity index (χ1n) is 11.0. The highest BCUT2D eigenvalue weighted by Gasteiger charge is 2.64. The Bertz CT molecular complexity index is 1210. The number of amides is 1. The molecule has 2 fully saturated rings. The van der Waals surface area contributed by atoms with Crippen LogP contribution in [0.5, 0.6) is 0 Å². The molecular formula is C24H26BNO6S. The number of sulfone groups is 1. The van der Waals surface area contributed by atoms with Gasteiger partial charge in [0.1, 0.15) is 5.60 Å². The summed E-state index contributed by atoms with van der Waals surface area (Å²) in [4.78, 5) is 14.9. The van der Waals surface area contributed by atoms with E-state index in [0.717, 1.165) is 11.0 Å². The lowest BCUT2D eigenvalue weighted by Crippen LogP contribution is -2.46. The first kappa shape index (κ1) is 22.2. The van der Waals surface area contributed by atoms with Crippen LogP contribution in [0.3, 0.4) is 0 Å². The molecule has 3 heterocycles. The molecule has 0 N–H and O–H groups in total. The number of ether oxygens (including phenoxy) is 1. The molecule has 0 radical (unpaired) electrons. The number of rotatable bonds is 3. The van der Waals surface area contributed by atoms with Crippen LogP contribution in [0.2, 0.25) is 0 Å². The maximum atomic E-state index is 13.6. The van der Waals surface area contributed by atoms with Crippen LogP contribution in [0.4, 0.5) is 4.79 Å². The predicted octanol–water partition coefficient (Wildman–Crippen LogP) is 2.83. The Balaban J connectivity index is 1.51. The van der Waals surface area contributed by atoms with Crippen LogP contribution in [0.25, 0.3) is 0 Å². The van der Waals surface area contributed by atoms with Gasteiger partial charge in [-0.1, -0.05) is 48.0 Å². The number of carbonyl (C=O) groups excluding carboxylic acids is 1. The van der Waals surface area contributed by atoms with Crippen LogP contribution >= 0.6 is 0 Å². The zero-order chi connectivity index (χ0) is 23.5. The molecule has 3 aliphatic heterocycles. The summed E-state index contributed by atoms with van der Waals surface area (Å²) in [6, 6.07) is 14.8. The molecule has 0 aromatic heterocycles. The molecule has 7 nitrogen and oxygen atoms in total. The van der Waals surface area contributed by atoms with Crippen molar-refractivity contribution in [3.63, 3.8) is 0 Å². The lowest BCUT2D eigenvalue weighted by Gasteiger charge is -2.29. The Hall–Kier alpha value is -2.62. The van der Waals surface area contributed by atoms with E-state index in [-0.39, 0.29) is 9.80 Å². The van der Waals surface area contributed by atoms with Gasteiger partial charge in [0.15, 0.2) is 0 Å². The largest absolute Gasteiger partial charge is 0.494 e. The summed E-state index contributed by atoms with van der Waals surface area (Å²) in [5.74, 6) is 0. The molecule has 4 atom stereocenters. The van der Waals surface area contributed by atoms with E-state index >= 15 is 0 Å². The van der Waals surface area contributed by atoms with E-state index in [2.05, 4.69) is 0 Å². The fourth-order valence-electron chi connectivity index (χ4n) is 4.66. The summed E-state index contributed by atoms with van der Waals surface area (Å²) >= 11 is 0. The van der Waals surface area contributed by atoms with Gasteiger partial charge >= 0.3 is 13.2 Å². The van der Waals surface area contributed by atoms with E-state index in [1.165, 1.54) is 4.90 Å². The lowest BCUT2D eigenvalue weighted by molar-refractivity contribution is 0.0175. The monoisotopic (exact) mass is 467 g/mol. The van der Waals surface area contributed by atoms with Crippen molar-refractivity contribution in [2.45, 2.75) is 62.5 Å². The zero-order valence-electron chi connectivity index (χ0n) is 19.0. The number of hydrogen-bond donors (Lipinski definition) is 0. The molecule has 172 valence electrons. The summed E-state index contributed by atoms with van der Waals surface area (Å²) in [6.45, 7) is 7.23. The number of benzene rings is 2. The Morgan fingerprint density at radius 1 is 1.00 bits per heavy atom. The first-order valence-corrected chi connectivity index (χ1v) is 12.5. The minimum absolute atomic E-state index is 0.153. The molecule has 9 heteroatoms. The predicted molar refractivity (Wildman–Crippen MR) is 124 cm³/mol. The second kappa shape index (κ2) is 7.72. The summed E-state index contributed by atoms with van der Waals surface area (Å²) in [6.07, 6.45) is -0.0554. The van der Waals surface area contributed by atoms with Gasteiger partial charge in [0, 0.05) is 0 Å². The minimum Gasteiger partial charge on any atom is -0.444 e. The maximum absolute atomic E-state index is 13.6. The van der Waals surface area contributed by atoms with Gasteiger partial charge in [-0.3, -0.25) is 4.90 Å². The van der Waals surface area contributed by atoms with Gasteiger partial charge in [-0.15, -0.1) is 0 Å². The van der Waals surface area contributed by atoms with Crippen molar-refractivity contribution in [2.75, 3.05) is 0 Å². The minimum atomic E-state index is -3.84. The van der Waals surface area contributed by atoms with Crippen LogP contribution in [-0.2, 0) is 23.9 Å². The van der Waals surface area contributed by atoms with Crippen molar-refractivity contribution in [1.82, 2.24) is 4.90 Å². The lowest BCUT2D eigenvalue weighted by atomic mass is 9.79. The molecule has 0 unspecified atom stereocenters. The average Bonchev–Trinajstić information content (AvgIpc) is 3.43. The third kappa shape index (κ3) is 3.78. The van der Waals surface area contributed by atoms with Gasteiger partial charge in [0.05, 0.1) is 34.1 Å². The summed E-state index contributed by atoms with van der Waals surface area (Å²) < 4.78 is 45.2. The topological polar surface area (TPSA) is 82.1 Å². The average molecular weight is 467 g/mol. The Kier molecular flexibility index (Phi) is 5.19. The van der Waals surface area contributed by atoms with E-state index in [4.69, 9.17) is 14.0 Å². The van der Waals surface area contributed by atoms with Crippen molar-refractivity contribution in [3.05, 3.63) is 71.1 Å². The highest BCUT2D eigenvalue weighted by molar-refractivity contribution is 7.95. The van der Waals surface area contributed by atoms with Crippen LogP contribution in [-0.4, -0.2) is 56.4 Å². The van der Waals surface area contributed by atoms with Crippen molar-refractivity contribution < 1.29 is 27.3 Å². The Morgan fingerprint density at radius 3 is 2.27 bits per heavy atom. The molecule has 3 aliphatic rings. The Morgan fingerprint density at radius 2 is 1.64 bits per heavy atom. The van der Waals surface area contributed by atoms with Crippen molar-refractivity contribution in [1.29, 1.82) is 0 Å². The molecule has 33 heavy (non-hydrogen) atoms. The molecule has 2 aromatic carbocycles. The van der Waals surface area contributed by atoms with E-state index in [9.17, 15) is 13.2 Å². The smallest absolute Gasteiger partial charge is 0.444 e. The fourth-order valence-corrected chi connectivity index (χ4v) is 6.31. The number of aryl methyl sites for hydroxylation is 1. The van der Waals surface area contributed by atoms with Crippen molar-refractivity contribution in [3.8, 4) is 0 Å². The number of carbonyl (C=O) groups is 1. The third-order valence-electron chi connectivity index (χ3n) is 6.10. The molecule has 2 aromatic rings. The molecule has 5 rings (SSSR count). The van der Waals surface area contributed by atoms with Crippen molar-refractivity contribution >= 4 is 28.5 Å². The summed E-state index contributed by atoms with van der Waals surface area (Å²) in [5.41, 5.74) is 1.08. The van der Waals surface area contributed by atoms with Gasteiger partial charge in [-0.25, -0.2) is 13.2 Å². The summed E-state index contributed by atoms with van der Waals surface area (Å²) in [5, 5.41) is 0. The highest BCUT2D eigenvalue weighted by atomic mass is 32.2. The quantitative estimate of drug-likeness (QED) is 0.646. The van der Waals surface area contributed by atoms with Gasteiger partial charge < -0.3 is 14.0 Å². The molecule has 0 saturated carbocycles. The standard InChI is InChI=1S/C24H26BNO6S/c1-15-10-12-17(13-11-15)33(28,29)19-14-18-21-22(20(19)26(18)23(27)30-24(2,3)4)32-25(31-21)16-8-6-5-7-9-16/h5-14,18,20-22H,1-4H3/t18-,20+,21-,22+/m1/s1. The SMILES string of the molecule is Cc1ccc(S(=O)(=O)C2=C[C@@H]3[C@H]4OB(c5ccccc5)O[C@H]4[C@H]2N3C(=O)OC(C)(C)C)cc1. The maximum Gasteiger partial charge on any atom is 0.494 e. The van der Waals surface area contributed by atoms with Gasteiger partial charge in [0.2, 0.25) is 9.84 Å². The Labute approximate surface area is 194 Å². The zero-order valence-corrected chi connectivity index (χ0v) is 19.8. The van der Waals surface area contributed by atoms with E-state index in [1.807, 2.05) is 37.3 Å². The molecular weight excluding hydrogens is 441 g/mol. The van der Waals surface area contributed by atoms with Crippen LogP contribution in [0, 0.1) is 6.92 Å². The van der Waals surface area contributed by atoms with Gasteiger partial charge in [-0.2, -0.15) is 0 Å². The summed E-state index contributed by atoms with van der Waals surface area (Å²) in [7, 11) is -4.46. The van der Waals surface area contributed by atoms with Crippen molar-refractivity contribution in [2.24, 2.45) is 0 Å². The second-order valence-corrected chi connectivity index (χ2v) is 11.6. The fraction of sp³-hybridized carbons (Fsp3) is 0.375. The number of nitrogens with zero attached hydrogens (tertiary/aromatic N) is 1. The van der Waals surface area contributed by atoms with Gasteiger partial charge in [0.25, 0.3) is 0 Å². The normalized spacial score (nSPS) is 26.4. The van der Waals surface area contributed by atoms with Crippen LogP contribution < -0.4 is 5.46 Å². The highest BCUT2D eigenvalue weighted by Crippen LogP contribution is 2.47. The molecule has 0 aliphatic carbocycles. The van der Waals surface area contributed by atoms with E-state index in [1.54, 1.807) is 51.1 Å².